The summed E-state index contributed by atoms with van der Waals surface area (Å²) in [6.45, 7) is 0. The summed E-state index contributed by atoms with van der Waals surface area (Å²) in [5.74, 6) is -0.405. The number of hydrogen-bond acceptors (Lipinski definition) is 5. The van der Waals surface area contributed by atoms with E-state index in [-0.39, 0.29) is 0 Å². The molecule has 8 heteroatoms. The predicted molar refractivity (Wildman–Crippen MR) is 92.2 cm³/mol. The average Bonchev–Trinajstić information content (AvgIpc) is 3.07. The zero-order valence-corrected chi connectivity index (χ0v) is 14.0. The monoisotopic (exact) mass is 346 g/mol. The first-order valence-electron chi connectivity index (χ1n) is 6.72. The second-order valence-electron chi connectivity index (χ2n) is 4.85. The second kappa shape index (κ2) is 5.54. The van der Waals surface area contributed by atoms with Gasteiger partial charge in [0, 0.05) is 5.30 Å². The third kappa shape index (κ3) is 2.11. The molecule has 1 N–H and O–H groups in total. The van der Waals surface area contributed by atoms with Crippen LogP contribution in [-0.2, 0) is 4.57 Å². The van der Waals surface area contributed by atoms with Crippen LogP contribution in [0, 0.1) is 0 Å². The maximum atomic E-state index is 14.1. The zero-order chi connectivity index (χ0) is 15.0. The Morgan fingerprint density at radius 3 is 2.50 bits per heavy atom. The highest BCUT2D eigenvalue weighted by molar-refractivity contribution is 8.55. The molecule has 2 unspecified atom stereocenters. The summed E-state index contributed by atoms with van der Waals surface area (Å²) >= 11 is 1.47. The van der Waals surface area contributed by atoms with Crippen LogP contribution in [0.5, 0.6) is 0 Å². The summed E-state index contributed by atoms with van der Waals surface area (Å²) in [5, 5.41) is 5.80. The van der Waals surface area contributed by atoms with E-state index in [1.54, 1.807) is 4.78 Å². The molecule has 2 aromatic rings. The second-order valence-corrected chi connectivity index (χ2v) is 9.43. The molecular formula is C14H12N4OP2S. The van der Waals surface area contributed by atoms with Crippen molar-refractivity contribution in [2.24, 2.45) is 9.96 Å². The Kier molecular flexibility index (Phi) is 3.53. The zero-order valence-electron chi connectivity index (χ0n) is 11.4. The molecule has 110 valence electrons. The van der Waals surface area contributed by atoms with Crippen molar-refractivity contribution in [1.82, 2.24) is 10.2 Å². The van der Waals surface area contributed by atoms with Crippen molar-refractivity contribution in [3.05, 3.63) is 66.2 Å². The van der Waals surface area contributed by atoms with Crippen molar-refractivity contribution >= 4 is 36.7 Å². The quantitative estimate of drug-likeness (QED) is 0.829. The van der Waals surface area contributed by atoms with Crippen molar-refractivity contribution < 1.29 is 4.57 Å². The van der Waals surface area contributed by atoms with Gasteiger partial charge in [-0.2, -0.15) is 9.88 Å². The van der Waals surface area contributed by atoms with E-state index in [2.05, 4.69) is 15.4 Å². The molecule has 5 nitrogen and oxygen atoms in total. The Morgan fingerprint density at radius 1 is 1.09 bits per heavy atom. The third-order valence-corrected chi connectivity index (χ3v) is 8.55. The lowest BCUT2D eigenvalue weighted by molar-refractivity contribution is 0.498. The summed E-state index contributed by atoms with van der Waals surface area (Å²) in [4.78, 5) is 4.40. The van der Waals surface area contributed by atoms with Gasteiger partial charge in [-0.3, -0.25) is 9.99 Å². The van der Waals surface area contributed by atoms with Crippen LogP contribution in [0.4, 0.5) is 0 Å². The van der Waals surface area contributed by atoms with Gasteiger partial charge >= 0.3 is 0 Å². The van der Waals surface area contributed by atoms with Crippen molar-refractivity contribution in [3.63, 3.8) is 0 Å². The van der Waals surface area contributed by atoms with Crippen LogP contribution in [0.2, 0.25) is 0 Å². The lowest BCUT2D eigenvalue weighted by atomic mass is 10.2. The van der Waals surface area contributed by atoms with Crippen LogP contribution in [0.15, 0.2) is 70.6 Å². The van der Waals surface area contributed by atoms with Gasteiger partial charge in [0.15, 0.2) is 0 Å². The molecule has 0 saturated heterocycles. The standard InChI is InChI=1S/C14H12N4OP2S/c19-21(12-9-5-2-6-10-12)13(11-7-3-1-4-8-11)15-16-14-18(21)17-20-22-14/h1-10,13,15H. The molecule has 22 heavy (non-hydrogen) atoms. The minimum absolute atomic E-state index is 0.405. The van der Waals surface area contributed by atoms with Gasteiger partial charge in [-0.25, -0.2) is 0 Å². The molecule has 2 heterocycles. The minimum Gasteiger partial charge on any atom is -0.291 e. The molecule has 2 aliphatic heterocycles. The lowest BCUT2D eigenvalue weighted by Gasteiger charge is -2.36. The Labute approximate surface area is 133 Å². The lowest BCUT2D eigenvalue weighted by Crippen LogP contribution is -2.37. The topological polar surface area (TPSA) is 57.1 Å². The molecule has 2 aromatic carbocycles. The van der Waals surface area contributed by atoms with Gasteiger partial charge in [0.05, 0.1) is 0 Å². The first kappa shape index (κ1) is 14.0. The largest absolute Gasteiger partial charge is 0.291 e. The van der Waals surface area contributed by atoms with Crippen LogP contribution in [0.1, 0.15) is 11.3 Å². The number of rotatable bonds is 2. The van der Waals surface area contributed by atoms with E-state index in [1.165, 1.54) is 11.4 Å². The van der Waals surface area contributed by atoms with E-state index in [9.17, 15) is 4.57 Å². The number of benzene rings is 2. The fourth-order valence-electron chi connectivity index (χ4n) is 2.53. The van der Waals surface area contributed by atoms with E-state index >= 15 is 0 Å². The van der Waals surface area contributed by atoms with Gasteiger partial charge in [-0.1, -0.05) is 48.5 Å². The SMILES string of the molecule is O=P1(c2ccccc2)C(c2ccccc2)NN=C2SP=NN21. The minimum atomic E-state index is -3.00. The molecule has 0 saturated carbocycles. The van der Waals surface area contributed by atoms with Crippen LogP contribution in [0.25, 0.3) is 0 Å². The van der Waals surface area contributed by atoms with Crippen LogP contribution < -0.4 is 10.7 Å². The van der Waals surface area contributed by atoms with E-state index in [1.807, 2.05) is 60.7 Å². The summed E-state index contributed by atoms with van der Waals surface area (Å²) < 4.78 is 15.7. The molecule has 2 aliphatic rings. The number of nitrogens with one attached hydrogen (secondary N) is 1. The molecule has 0 radical (unpaired) electrons. The van der Waals surface area contributed by atoms with Crippen molar-refractivity contribution in [3.8, 4) is 0 Å². The van der Waals surface area contributed by atoms with Crippen LogP contribution in [-0.4, -0.2) is 9.95 Å². The smallest absolute Gasteiger partial charge is 0.249 e. The van der Waals surface area contributed by atoms with E-state index in [0.717, 1.165) is 18.4 Å². The Balaban J connectivity index is 1.91. The van der Waals surface area contributed by atoms with Gasteiger partial charge in [0.2, 0.25) is 12.5 Å². The molecule has 0 bridgehead atoms. The molecule has 0 aliphatic carbocycles. The van der Waals surface area contributed by atoms with E-state index < -0.39 is 13.1 Å². The molecule has 2 atom stereocenters. The van der Waals surface area contributed by atoms with Gasteiger partial charge in [0.25, 0.3) is 0 Å². The van der Waals surface area contributed by atoms with Crippen molar-refractivity contribution in [1.29, 1.82) is 0 Å². The van der Waals surface area contributed by atoms with Crippen LogP contribution >= 0.6 is 26.2 Å². The molecule has 0 aromatic heterocycles. The number of fused-ring (bicyclic) bond motifs is 1. The molecule has 0 spiro atoms. The average molecular weight is 346 g/mol. The highest BCUT2D eigenvalue weighted by atomic mass is 32.7. The Morgan fingerprint density at radius 2 is 1.77 bits per heavy atom. The summed E-state index contributed by atoms with van der Waals surface area (Å²) in [7, 11) is -2.20. The highest BCUT2D eigenvalue weighted by Gasteiger charge is 2.48. The molecular weight excluding hydrogens is 334 g/mol. The number of nitrogens with zero attached hydrogens (tertiary/aromatic N) is 3. The molecule has 4 rings (SSSR count). The first-order chi connectivity index (χ1) is 10.8. The van der Waals surface area contributed by atoms with E-state index in [0.29, 0.717) is 5.17 Å². The van der Waals surface area contributed by atoms with Crippen molar-refractivity contribution in [2.45, 2.75) is 5.78 Å². The normalized spacial score (nSPS) is 27.0. The predicted octanol–water partition coefficient (Wildman–Crippen LogP) is 4.17. The van der Waals surface area contributed by atoms with Gasteiger partial charge < -0.3 is 0 Å². The summed E-state index contributed by atoms with van der Waals surface area (Å²) in [6.07, 6.45) is 0. The maximum absolute atomic E-state index is 14.1. The number of amidine groups is 1. The third-order valence-electron chi connectivity index (χ3n) is 3.57. The maximum Gasteiger partial charge on any atom is 0.249 e. The van der Waals surface area contributed by atoms with Gasteiger partial charge in [-0.15, -0.1) is 4.85 Å². The fraction of sp³-hybridized carbons (Fsp3) is 0.0714. The van der Waals surface area contributed by atoms with E-state index in [4.69, 9.17) is 0 Å². The fourth-order valence-corrected chi connectivity index (χ4v) is 7.83. The van der Waals surface area contributed by atoms with Gasteiger partial charge in [-0.05, 0) is 29.1 Å². The number of hydrazone groups is 1. The van der Waals surface area contributed by atoms with Gasteiger partial charge in [0.1, 0.15) is 13.4 Å². The first-order valence-corrected chi connectivity index (χ1v) is 10.7. The molecule has 0 amide bonds. The number of hydrogen-bond donors (Lipinski definition) is 1. The van der Waals surface area contributed by atoms with Crippen molar-refractivity contribution in [2.75, 3.05) is 0 Å². The Hall–Kier alpha value is -1.61. The highest BCUT2D eigenvalue weighted by Crippen LogP contribution is 2.65. The molecule has 0 fully saturated rings. The van der Waals surface area contributed by atoms with Crippen LogP contribution in [0.3, 0.4) is 0 Å². The Bertz CT molecular complexity index is 797. The summed E-state index contributed by atoms with van der Waals surface area (Å²) in [6, 6.07) is 19.3. The summed E-state index contributed by atoms with van der Waals surface area (Å²) in [5.41, 5.74) is 4.04.